The molecule has 0 radical (unpaired) electrons. The number of nitroso groups, excluding NO2 is 1. The molecule has 2 unspecified atom stereocenters. The maximum Gasteiger partial charge on any atom is 0.215 e. The second kappa shape index (κ2) is 10.3. The van der Waals surface area contributed by atoms with E-state index in [0.717, 1.165) is 53.5 Å². The Kier molecular flexibility index (Phi) is 7.57. The molecule has 1 aromatic heterocycles. The van der Waals surface area contributed by atoms with E-state index >= 15 is 0 Å². The highest BCUT2D eigenvalue weighted by Gasteiger charge is 2.43. The first-order chi connectivity index (χ1) is 16.8. The number of hydrogen-bond acceptors (Lipinski definition) is 7. The molecule has 1 aliphatic rings. The molecule has 0 amide bonds. The number of thiophene rings is 1. The minimum absolute atomic E-state index is 0.274. The van der Waals surface area contributed by atoms with E-state index in [1.54, 1.807) is 30.5 Å². The molecule has 2 aromatic carbocycles. The quantitative estimate of drug-likeness (QED) is 0.213. The molecule has 2 atom stereocenters. The third-order valence-corrected chi connectivity index (χ3v) is 10.2. The number of nitrogens with zero attached hydrogens (tertiary/aromatic N) is 1. The molecule has 0 bridgehead atoms. The Morgan fingerprint density at radius 3 is 2.26 bits per heavy atom. The van der Waals surface area contributed by atoms with Crippen molar-refractivity contribution in [2.24, 2.45) is 5.18 Å². The predicted molar refractivity (Wildman–Crippen MR) is 140 cm³/mol. The lowest BCUT2D eigenvalue weighted by Crippen LogP contribution is -2.26. The Hall–Kier alpha value is -2.39. The third kappa shape index (κ3) is 4.48. The van der Waals surface area contributed by atoms with Gasteiger partial charge in [0.2, 0.25) is 9.84 Å². The van der Waals surface area contributed by atoms with Gasteiger partial charge in [0.1, 0.15) is 10.3 Å². The number of hydrogen-bond donors (Lipinski definition) is 2. The molecular weight excluding hydrogens is 480 g/mol. The fourth-order valence-electron chi connectivity index (χ4n) is 5.54. The van der Waals surface area contributed by atoms with Crippen molar-refractivity contribution in [3.05, 3.63) is 75.5 Å². The Morgan fingerprint density at radius 1 is 1.03 bits per heavy atom. The smallest absolute Gasteiger partial charge is 0.215 e. The summed E-state index contributed by atoms with van der Waals surface area (Å²) >= 11 is 1.23. The molecular formula is C27H32N2O4S2. The monoisotopic (exact) mass is 512 g/mol. The van der Waals surface area contributed by atoms with Gasteiger partial charge in [0.25, 0.3) is 0 Å². The van der Waals surface area contributed by atoms with E-state index in [-0.39, 0.29) is 11.5 Å². The first-order valence-electron chi connectivity index (χ1n) is 12.1. The fraction of sp³-hybridized carbons (Fsp3) is 0.407. The van der Waals surface area contributed by atoms with Crippen molar-refractivity contribution in [1.82, 2.24) is 5.48 Å². The molecule has 35 heavy (non-hydrogen) atoms. The van der Waals surface area contributed by atoms with Gasteiger partial charge >= 0.3 is 0 Å². The van der Waals surface area contributed by atoms with Crippen LogP contribution in [-0.2, 0) is 15.3 Å². The van der Waals surface area contributed by atoms with Gasteiger partial charge in [0.15, 0.2) is 0 Å². The molecule has 1 heterocycles. The van der Waals surface area contributed by atoms with Crippen LogP contribution >= 0.6 is 11.3 Å². The maximum absolute atomic E-state index is 13.3. The van der Waals surface area contributed by atoms with Gasteiger partial charge in [-0.1, -0.05) is 62.2 Å². The SMILES string of the molecule is CCCC1(CCC)c2cc(C(CC(C)NO)N=O)ccc2-c2ccc(S(=O)(=O)c3cccs3)cc21. The Balaban J connectivity index is 1.89. The first kappa shape index (κ1) is 25.7. The normalized spacial score (nSPS) is 15.9. The summed E-state index contributed by atoms with van der Waals surface area (Å²) < 4.78 is 27.0. The van der Waals surface area contributed by atoms with E-state index < -0.39 is 15.9 Å². The lowest BCUT2D eigenvalue weighted by molar-refractivity contribution is 0.125. The van der Waals surface area contributed by atoms with Crippen LogP contribution in [0.4, 0.5) is 0 Å². The zero-order valence-corrected chi connectivity index (χ0v) is 22.0. The predicted octanol–water partition coefficient (Wildman–Crippen LogP) is 7.01. The van der Waals surface area contributed by atoms with Gasteiger partial charge in [-0.25, -0.2) is 13.9 Å². The zero-order valence-electron chi connectivity index (χ0n) is 20.3. The van der Waals surface area contributed by atoms with E-state index in [1.165, 1.54) is 11.3 Å². The van der Waals surface area contributed by atoms with Gasteiger partial charge in [0.05, 0.1) is 4.90 Å². The summed E-state index contributed by atoms with van der Waals surface area (Å²) in [5, 5.41) is 14.4. The molecule has 0 aliphatic heterocycles. The van der Waals surface area contributed by atoms with E-state index in [2.05, 4.69) is 30.6 Å². The third-order valence-electron chi connectivity index (χ3n) is 7.09. The van der Waals surface area contributed by atoms with Gasteiger partial charge in [-0.05, 0) is 77.6 Å². The van der Waals surface area contributed by atoms with E-state index in [0.29, 0.717) is 15.5 Å². The van der Waals surface area contributed by atoms with Crippen LogP contribution in [0.5, 0.6) is 0 Å². The van der Waals surface area contributed by atoms with Crippen molar-refractivity contribution in [2.45, 2.75) is 79.5 Å². The Bertz CT molecular complexity index is 1300. The summed E-state index contributed by atoms with van der Waals surface area (Å²) in [4.78, 5) is 12.0. The van der Waals surface area contributed by atoms with Gasteiger partial charge < -0.3 is 5.21 Å². The van der Waals surface area contributed by atoms with Crippen molar-refractivity contribution in [1.29, 1.82) is 0 Å². The van der Waals surface area contributed by atoms with E-state index in [4.69, 9.17) is 0 Å². The highest BCUT2D eigenvalue weighted by Crippen LogP contribution is 2.55. The number of nitrogens with one attached hydrogen (secondary N) is 1. The van der Waals surface area contributed by atoms with E-state index in [9.17, 15) is 18.5 Å². The van der Waals surface area contributed by atoms with Crippen LogP contribution in [0.15, 0.2) is 68.2 Å². The average molecular weight is 513 g/mol. The standard InChI is InChI=1S/C27H32N2O4S2/c1-4-12-27(13-5-2)23-16-19(25(29-31)15-18(3)28-30)8-10-21(23)22-11-9-20(17-24(22)27)35(32,33)26-7-6-14-34-26/h6-11,14,16-18,25,28,30H,4-5,12-13,15H2,1-3H3. The van der Waals surface area contributed by atoms with Gasteiger partial charge in [-0.2, -0.15) is 4.91 Å². The molecule has 0 spiro atoms. The maximum atomic E-state index is 13.3. The lowest BCUT2D eigenvalue weighted by atomic mass is 9.71. The Morgan fingerprint density at radius 2 is 1.69 bits per heavy atom. The van der Waals surface area contributed by atoms with Crippen LogP contribution < -0.4 is 5.48 Å². The molecule has 1 aliphatic carbocycles. The first-order valence-corrected chi connectivity index (χ1v) is 14.5. The van der Waals surface area contributed by atoms with Crippen LogP contribution in [0.2, 0.25) is 0 Å². The molecule has 4 rings (SSSR count). The summed E-state index contributed by atoms with van der Waals surface area (Å²) in [5.74, 6) is 0. The molecule has 8 heteroatoms. The van der Waals surface area contributed by atoms with E-state index in [1.807, 2.05) is 24.3 Å². The van der Waals surface area contributed by atoms with Crippen LogP contribution in [0.25, 0.3) is 11.1 Å². The van der Waals surface area contributed by atoms with Crippen molar-refractivity contribution < 1.29 is 13.6 Å². The largest absolute Gasteiger partial charge is 0.317 e. The molecule has 6 nitrogen and oxygen atoms in total. The summed E-state index contributed by atoms with van der Waals surface area (Å²) in [6.45, 7) is 6.10. The molecule has 186 valence electrons. The topological polar surface area (TPSA) is 95.8 Å². The van der Waals surface area contributed by atoms with Gasteiger partial charge in [0, 0.05) is 11.5 Å². The number of rotatable bonds is 11. The second-order valence-electron chi connectivity index (χ2n) is 9.42. The van der Waals surface area contributed by atoms with Crippen LogP contribution in [0, 0.1) is 4.91 Å². The minimum atomic E-state index is -3.60. The molecule has 0 saturated heterocycles. The number of sulfone groups is 1. The summed E-state index contributed by atoms with van der Waals surface area (Å²) in [5.41, 5.74) is 7.01. The number of benzene rings is 2. The molecule has 0 fully saturated rings. The van der Waals surface area contributed by atoms with Crippen molar-refractivity contribution in [2.75, 3.05) is 0 Å². The minimum Gasteiger partial charge on any atom is -0.317 e. The highest BCUT2D eigenvalue weighted by atomic mass is 32.2. The Labute approximate surface area is 211 Å². The van der Waals surface area contributed by atoms with Crippen LogP contribution in [0.1, 0.15) is 75.6 Å². The van der Waals surface area contributed by atoms with Crippen LogP contribution in [0.3, 0.4) is 0 Å². The highest BCUT2D eigenvalue weighted by molar-refractivity contribution is 7.93. The molecule has 0 saturated carbocycles. The van der Waals surface area contributed by atoms with Crippen LogP contribution in [-0.4, -0.2) is 19.7 Å². The van der Waals surface area contributed by atoms with Gasteiger partial charge in [-0.3, -0.25) is 0 Å². The summed E-state index contributed by atoms with van der Waals surface area (Å²) in [7, 11) is -3.60. The van der Waals surface area contributed by atoms with Gasteiger partial charge in [-0.15, -0.1) is 11.3 Å². The second-order valence-corrected chi connectivity index (χ2v) is 12.5. The zero-order chi connectivity index (χ0) is 25.2. The average Bonchev–Trinajstić information content (AvgIpc) is 3.49. The summed E-state index contributed by atoms with van der Waals surface area (Å²) in [6, 6.07) is 14.1. The summed E-state index contributed by atoms with van der Waals surface area (Å²) in [6.07, 6.45) is 4.00. The van der Waals surface area contributed by atoms with Crippen molar-refractivity contribution >= 4 is 21.2 Å². The lowest BCUT2D eigenvalue weighted by Gasteiger charge is -2.32. The molecule has 2 N–H and O–H groups in total. The van der Waals surface area contributed by atoms with Crippen molar-refractivity contribution in [3.8, 4) is 11.1 Å². The fourth-order valence-corrected chi connectivity index (χ4v) is 7.96. The molecule has 3 aromatic rings. The number of fused-ring (bicyclic) bond motifs is 3. The number of hydroxylamine groups is 1. The van der Waals surface area contributed by atoms with Crippen molar-refractivity contribution in [3.63, 3.8) is 0 Å².